The summed E-state index contributed by atoms with van der Waals surface area (Å²) in [5, 5.41) is 79.7. The van der Waals surface area contributed by atoms with E-state index < -0.39 is 79.0 Å². The molecule has 8 rings (SSSR count). The van der Waals surface area contributed by atoms with Crippen molar-refractivity contribution < 1.29 is 73.9 Å². The predicted molar refractivity (Wildman–Crippen MR) is 231 cm³/mol. The zero-order valence-electron chi connectivity index (χ0n) is 35.6. The summed E-state index contributed by atoms with van der Waals surface area (Å²) in [6.45, 7) is 2.19. The third-order valence-electron chi connectivity index (χ3n) is 12.3. The summed E-state index contributed by atoms with van der Waals surface area (Å²) < 4.78 is 23.7. The molecule has 18 nitrogen and oxygen atoms in total. The van der Waals surface area contributed by atoms with Gasteiger partial charge in [0.05, 0.1) is 10.9 Å². The first-order valence-electron chi connectivity index (χ1n) is 21.5. The van der Waals surface area contributed by atoms with Crippen molar-refractivity contribution in [2.45, 2.75) is 94.5 Å². The summed E-state index contributed by atoms with van der Waals surface area (Å²) in [6, 6.07) is 14.8. The third kappa shape index (κ3) is 9.35. The number of phenolic OH excluding ortho intramolecular Hbond substituents is 1. The number of rotatable bonds is 16. The van der Waals surface area contributed by atoms with Gasteiger partial charge in [-0.2, -0.15) is 9.90 Å². The molecule has 0 radical (unpaired) electrons. The molecule has 3 aromatic carbocycles. The van der Waals surface area contributed by atoms with Crippen molar-refractivity contribution in [1.82, 2.24) is 5.32 Å². The topological polar surface area (TPSA) is 272 Å². The van der Waals surface area contributed by atoms with Crippen LogP contribution < -0.4 is 20.5 Å². The molecule has 65 heavy (non-hydrogen) atoms. The largest absolute Gasteiger partial charge is 0.508 e. The van der Waals surface area contributed by atoms with Gasteiger partial charge in [0.1, 0.15) is 54.4 Å². The van der Waals surface area contributed by atoms with Crippen molar-refractivity contribution in [3.63, 3.8) is 0 Å². The Labute approximate surface area is 372 Å². The zero-order chi connectivity index (χ0) is 46.2. The highest BCUT2D eigenvalue weighted by Gasteiger charge is 2.59. The number of aliphatic imine (C=N–C) groups is 1. The van der Waals surface area contributed by atoms with E-state index >= 15 is 0 Å². The number of phenols is 1. The standard InChI is InChI=1S/C47H51N3O15/c1-24-17-25(2)19-28(18-24)38-37-27(13-15-48-37)21-50(38)65-42-40(55)41(56)43(47(60,23-52)64-45(59)36(44(57)58)34(14-16-51)49-29-5-3-4-6-29)63-46(42)62-31-11-12-32-35(20-31)61-22-33(39(32)54)26-7-9-30(53)10-8-26/h7-13,15,17-20,22,29,34,36,40-43,46,49,51-53,55-56,60H,3-6,14,16,21,23H2,1-2H3,(H,57,58)/p+1. The highest BCUT2D eigenvalue weighted by atomic mass is 16.8. The Hall–Kier alpha value is -5.80. The van der Waals surface area contributed by atoms with Gasteiger partial charge in [-0.3, -0.25) is 14.4 Å². The number of carboxylic acids is 1. The van der Waals surface area contributed by atoms with E-state index in [-0.39, 0.29) is 47.0 Å². The van der Waals surface area contributed by atoms with E-state index in [1.807, 2.05) is 38.1 Å². The molecule has 4 heterocycles. The number of allylic oxidation sites excluding steroid dienone is 1. The molecule has 1 aliphatic carbocycles. The maximum Gasteiger partial charge on any atom is 0.324 e. The second-order valence-corrected chi connectivity index (χ2v) is 17.0. The molecule has 4 aliphatic rings. The van der Waals surface area contributed by atoms with Crippen molar-refractivity contribution >= 4 is 34.8 Å². The molecule has 344 valence electrons. The fraction of sp³-hybridized carbons (Fsp3) is 0.404. The number of aromatic hydroxyl groups is 1. The summed E-state index contributed by atoms with van der Waals surface area (Å²) in [4.78, 5) is 51.2. The van der Waals surface area contributed by atoms with Gasteiger partial charge in [-0.15, -0.1) is 0 Å². The maximum atomic E-state index is 13.8. The van der Waals surface area contributed by atoms with Crippen LogP contribution in [0.1, 0.15) is 48.8 Å². The number of quaternary nitrogens is 1. The van der Waals surface area contributed by atoms with Crippen LogP contribution in [0.15, 0.2) is 98.5 Å². The number of hydrogen-bond donors (Lipinski definition) is 9. The number of carbonyl (C=O) groups excluding carboxylic acids is 1. The Bertz CT molecular complexity index is 2570. The maximum absolute atomic E-state index is 13.8. The van der Waals surface area contributed by atoms with Gasteiger partial charge >= 0.3 is 11.9 Å². The number of aliphatic hydroxyl groups excluding tert-OH is 4. The van der Waals surface area contributed by atoms with Crippen LogP contribution in [0.3, 0.4) is 0 Å². The number of esters is 1. The molecule has 2 fully saturated rings. The van der Waals surface area contributed by atoms with Gasteiger partial charge < -0.3 is 59.7 Å². The molecule has 18 heteroatoms. The number of nitrogens with one attached hydrogen (secondary N) is 2. The summed E-state index contributed by atoms with van der Waals surface area (Å²) in [7, 11) is 0. The number of aliphatic hydroxyl groups is 5. The Morgan fingerprint density at radius 2 is 1.71 bits per heavy atom. The number of carbonyl (C=O) groups is 2. The summed E-state index contributed by atoms with van der Waals surface area (Å²) >= 11 is 0. The second kappa shape index (κ2) is 19.0. The summed E-state index contributed by atoms with van der Waals surface area (Å²) in [5.74, 6) is -8.30. The monoisotopic (exact) mass is 898 g/mol. The van der Waals surface area contributed by atoms with Crippen LogP contribution >= 0.6 is 0 Å². The van der Waals surface area contributed by atoms with Gasteiger partial charge in [-0.05, 0) is 81.1 Å². The van der Waals surface area contributed by atoms with Crippen LogP contribution in [0.4, 0.5) is 0 Å². The van der Waals surface area contributed by atoms with E-state index in [0.29, 0.717) is 34.9 Å². The van der Waals surface area contributed by atoms with Crippen molar-refractivity contribution in [3.8, 4) is 22.6 Å². The third-order valence-corrected chi connectivity index (χ3v) is 12.3. The summed E-state index contributed by atoms with van der Waals surface area (Å²) in [6.07, 6.45) is -1.97. The fourth-order valence-corrected chi connectivity index (χ4v) is 9.13. The average molecular weight is 899 g/mol. The molecular formula is C47H52N3O15+. The molecule has 9 atom stereocenters. The fourth-order valence-electron chi connectivity index (χ4n) is 9.13. The van der Waals surface area contributed by atoms with Gasteiger partial charge in [0.25, 0.3) is 5.79 Å². The van der Waals surface area contributed by atoms with Crippen LogP contribution in [0.5, 0.6) is 11.5 Å². The smallest absolute Gasteiger partial charge is 0.324 e. The molecule has 9 unspecified atom stereocenters. The predicted octanol–water partition coefficient (Wildman–Crippen LogP) is 1.39. The van der Waals surface area contributed by atoms with E-state index in [0.717, 1.165) is 35.1 Å². The summed E-state index contributed by atoms with van der Waals surface area (Å²) in [5.41, 5.74) is 5.18. The molecule has 1 saturated carbocycles. The first kappa shape index (κ1) is 45.8. The highest BCUT2D eigenvalue weighted by Crippen LogP contribution is 2.35. The van der Waals surface area contributed by atoms with Gasteiger partial charge in [0, 0.05) is 42.1 Å². The molecule has 3 aliphatic heterocycles. The number of nitrogens with zero attached hydrogens (tertiary/aromatic N) is 1. The Balaban J connectivity index is 1.13. The first-order valence-corrected chi connectivity index (χ1v) is 21.5. The normalized spacial score (nSPS) is 25.0. The minimum absolute atomic E-state index is 0.00670. The SMILES string of the molecule is Cc1cc(C)cc(C2=C3N=CC=C3C[NH+]2OC2C(Oc3ccc4c(=O)c(-c5ccc(O)cc5)coc4c3)OC(C(O)(CO)OC(=O)C(C(=O)O)C(CCO)NC3CCCC3)C(O)C2O)c1. The number of fused-ring (bicyclic) bond motifs is 2. The van der Waals surface area contributed by atoms with Crippen LogP contribution in [0.2, 0.25) is 0 Å². The van der Waals surface area contributed by atoms with Gasteiger partial charge in [0.2, 0.25) is 12.4 Å². The zero-order valence-corrected chi connectivity index (χ0v) is 35.6. The van der Waals surface area contributed by atoms with Crippen LogP contribution in [-0.4, -0.2) is 122 Å². The van der Waals surface area contributed by atoms with Gasteiger partial charge in [-0.1, -0.05) is 42.2 Å². The lowest BCUT2D eigenvalue weighted by atomic mass is 9.92. The van der Waals surface area contributed by atoms with Crippen molar-refractivity contribution in [2.24, 2.45) is 10.9 Å². The van der Waals surface area contributed by atoms with Crippen LogP contribution in [0, 0.1) is 19.8 Å². The molecular weight excluding hydrogens is 847 g/mol. The number of aliphatic carboxylic acids is 1. The number of aryl methyl sites for hydroxylation is 2. The number of hydroxylamine groups is 2. The number of benzene rings is 3. The Morgan fingerprint density at radius 3 is 2.38 bits per heavy atom. The average Bonchev–Trinajstić information content (AvgIpc) is 4.03. The molecule has 1 saturated heterocycles. The number of carboxylic acid groups (broad SMARTS) is 1. The quantitative estimate of drug-likeness (QED) is 0.0437. The minimum atomic E-state index is -3.18. The van der Waals surface area contributed by atoms with E-state index in [9.17, 15) is 50.1 Å². The second-order valence-electron chi connectivity index (χ2n) is 17.0. The Morgan fingerprint density at radius 1 is 0.985 bits per heavy atom. The molecule has 4 aromatic rings. The Kier molecular flexibility index (Phi) is 13.4. The lowest BCUT2D eigenvalue weighted by molar-refractivity contribution is -1.04. The van der Waals surface area contributed by atoms with Crippen molar-refractivity contribution in [3.05, 3.63) is 111 Å². The van der Waals surface area contributed by atoms with Crippen LogP contribution in [-0.2, 0) is 23.9 Å². The minimum Gasteiger partial charge on any atom is -0.508 e. The molecule has 0 spiro atoms. The van der Waals surface area contributed by atoms with Crippen LogP contribution in [0.25, 0.3) is 27.8 Å². The van der Waals surface area contributed by atoms with Gasteiger partial charge in [-0.25, -0.2) is 4.99 Å². The van der Waals surface area contributed by atoms with E-state index in [4.69, 9.17) is 23.5 Å². The molecule has 0 amide bonds. The van der Waals surface area contributed by atoms with Gasteiger partial charge in [0.15, 0.2) is 23.1 Å². The molecule has 9 N–H and O–H groups in total. The number of ether oxygens (including phenoxy) is 3. The van der Waals surface area contributed by atoms with Crippen molar-refractivity contribution in [1.29, 1.82) is 0 Å². The molecule has 1 aromatic heterocycles. The van der Waals surface area contributed by atoms with E-state index in [2.05, 4.69) is 10.3 Å². The lowest BCUT2D eigenvalue weighted by Gasteiger charge is -2.46. The molecule has 0 bridgehead atoms. The van der Waals surface area contributed by atoms with E-state index in [1.165, 1.54) is 36.6 Å². The van der Waals surface area contributed by atoms with E-state index in [1.54, 1.807) is 18.3 Å². The number of hydrogen-bond acceptors (Lipinski definition) is 16. The highest BCUT2D eigenvalue weighted by molar-refractivity contribution is 5.95. The first-order chi connectivity index (χ1) is 31.2. The lowest BCUT2D eigenvalue weighted by Crippen LogP contribution is -3.08. The van der Waals surface area contributed by atoms with Crippen molar-refractivity contribution in [2.75, 3.05) is 19.8 Å².